The highest BCUT2D eigenvalue weighted by Gasteiger charge is 2.43. The van der Waals surface area contributed by atoms with E-state index in [0.717, 1.165) is 12.5 Å². The van der Waals surface area contributed by atoms with Crippen molar-refractivity contribution in [2.24, 2.45) is 0 Å². The lowest BCUT2D eigenvalue weighted by molar-refractivity contribution is -0.138. The van der Waals surface area contributed by atoms with Crippen LogP contribution in [0.5, 0.6) is 0 Å². The van der Waals surface area contributed by atoms with E-state index in [9.17, 15) is 18.0 Å². The number of aryl methyl sites for hydroxylation is 1. The number of ether oxygens (including phenoxy) is 2. The zero-order valence-electron chi connectivity index (χ0n) is 13.4. The Morgan fingerprint density at radius 1 is 1.29 bits per heavy atom. The number of nitrogens with one attached hydrogen (secondary N) is 1. The molecule has 2 unspecified atom stereocenters. The fourth-order valence-electron chi connectivity index (χ4n) is 3.12. The minimum absolute atomic E-state index is 0.111. The van der Waals surface area contributed by atoms with E-state index in [-0.39, 0.29) is 34.5 Å². The molecule has 0 bridgehead atoms. The zero-order valence-corrected chi connectivity index (χ0v) is 13.4. The second-order valence-electron chi connectivity index (χ2n) is 5.94. The van der Waals surface area contributed by atoms with Crippen molar-refractivity contribution in [2.75, 3.05) is 13.7 Å². The predicted octanol–water partition coefficient (Wildman–Crippen LogP) is 3.05. The second kappa shape index (κ2) is 6.12. The van der Waals surface area contributed by atoms with Crippen molar-refractivity contribution in [1.82, 2.24) is 5.32 Å². The molecule has 0 spiro atoms. The van der Waals surface area contributed by atoms with Gasteiger partial charge < -0.3 is 14.8 Å². The third kappa shape index (κ3) is 2.88. The van der Waals surface area contributed by atoms with Crippen LogP contribution in [0, 0.1) is 6.92 Å². The Kier molecular flexibility index (Phi) is 4.29. The van der Waals surface area contributed by atoms with Gasteiger partial charge >= 0.3 is 6.18 Å². The fraction of sp³-hybridized carbons (Fsp3) is 0.471. The van der Waals surface area contributed by atoms with Crippen LogP contribution in [0.3, 0.4) is 0 Å². The minimum Gasteiger partial charge on any atom is -0.464 e. The molecule has 2 aliphatic rings. The average molecular weight is 341 g/mol. The number of Topliss-reactive ketones (excluding diaryl/α,β-unsaturated/α-hetero) is 1. The summed E-state index contributed by atoms with van der Waals surface area (Å²) in [4.78, 5) is 12.7. The maximum Gasteiger partial charge on any atom is 0.416 e. The molecule has 2 heterocycles. The SMILES string of the molecule is CNC1=C(c2ccc(C)c(C(F)(F)F)c2)C(=O)C(C2CCCO2)O1. The van der Waals surface area contributed by atoms with Crippen molar-refractivity contribution >= 4 is 11.4 Å². The standard InChI is InChI=1S/C17H18F3NO3/c1-9-5-6-10(8-11(9)17(18,19)20)13-14(22)15(24-16(13)21-2)12-4-3-7-23-12/h5-6,8,12,15,21H,3-4,7H2,1-2H3. The lowest BCUT2D eigenvalue weighted by atomic mass is 9.94. The van der Waals surface area contributed by atoms with Crippen molar-refractivity contribution in [2.45, 2.75) is 38.1 Å². The van der Waals surface area contributed by atoms with Gasteiger partial charge in [0.15, 0.2) is 12.0 Å². The summed E-state index contributed by atoms with van der Waals surface area (Å²) in [5.74, 6) is -0.152. The maximum atomic E-state index is 13.1. The Balaban J connectivity index is 1.99. The van der Waals surface area contributed by atoms with Crippen LogP contribution in [0.25, 0.3) is 5.57 Å². The number of carbonyl (C=O) groups excluding carboxylic acids is 1. The molecule has 0 saturated carbocycles. The Morgan fingerprint density at radius 3 is 2.62 bits per heavy atom. The Morgan fingerprint density at radius 2 is 2.04 bits per heavy atom. The molecular weight excluding hydrogens is 323 g/mol. The molecule has 4 nitrogen and oxygen atoms in total. The monoisotopic (exact) mass is 341 g/mol. The van der Waals surface area contributed by atoms with E-state index in [1.165, 1.54) is 19.1 Å². The summed E-state index contributed by atoms with van der Waals surface area (Å²) in [6.07, 6.45) is -4.10. The van der Waals surface area contributed by atoms with Crippen LogP contribution >= 0.6 is 0 Å². The summed E-state index contributed by atoms with van der Waals surface area (Å²) in [5.41, 5.74) is -0.303. The predicted molar refractivity (Wildman–Crippen MR) is 81.0 cm³/mol. The van der Waals surface area contributed by atoms with Crippen molar-refractivity contribution in [3.05, 3.63) is 40.8 Å². The van der Waals surface area contributed by atoms with E-state index in [1.807, 2.05) is 0 Å². The number of rotatable bonds is 3. The van der Waals surface area contributed by atoms with Crippen LogP contribution in [0.2, 0.25) is 0 Å². The van der Waals surface area contributed by atoms with Crippen molar-refractivity contribution in [1.29, 1.82) is 0 Å². The summed E-state index contributed by atoms with van der Waals surface area (Å²) in [6.45, 7) is 1.95. The third-order valence-electron chi connectivity index (χ3n) is 4.34. The fourth-order valence-corrected chi connectivity index (χ4v) is 3.12. The molecular formula is C17H18F3NO3. The summed E-state index contributed by atoms with van der Waals surface area (Å²) in [5, 5.41) is 2.77. The normalized spacial score (nSPS) is 24.5. The van der Waals surface area contributed by atoms with Crippen molar-refractivity contribution < 1.29 is 27.4 Å². The molecule has 1 aromatic rings. The number of ketones is 1. The molecule has 130 valence electrons. The van der Waals surface area contributed by atoms with Crippen LogP contribution in [0.4, 0.5) is 13.2 Å². The molecule has 1 aromatic carbocycles. The third-order valence-corrected chi connectivity index (χ3v) is 4.34. The van der Waals surface area contributed by atoms with Gasteiger partial charge in [-0.3, -0.25) is 4.79 Å². The zero-order chi connectivity index (χ0) is 17.5. The van der Waals surface area contributed by atoms with E-state index in [1.54, 1.807) is 7.05 Å². The summed E-state index contributed by atoms with van der Waals surface area (Å²) < 4.78 is 50.6. The van der Waals surface area contributed by atoms with E-state index in [2.05, 4.69) is 5.32 Å². The summed E-state index contributed by atoms with van der Waals surface area (Å²) >= 11 is 0. The quantitative estimate of drug-likeness (QED) is 0.918. The Hall–Kier alpha value is -2.02. The van der Waals surface area contributed by atoms with Crippen LogP contribution in [0.15, 0.2) is 24.1 Å². The molecule has 0 aliphatic carbocycles. The summed E-state index contributed by atoms with van der Waals surface area (Å²) in [6, 6.07) is 3.88. The van der Waals surface area contributed by atoms with Gasteiger partial charge in [-0.1, -0.05) is 12.1 Å². The molecule has 7 heteroatoms. The van der Waals surface area contributed by atoms with E-state index in [4.69, 9.17) is 9.47 Å². The Labute approximate surface area is 137 Å². The van der Waals surface area contributed by atoms with Gasteiger partial charge in [0.25, 0.3) is 0 Å². The number of benzene rings is 1. The Bertz CT molecular complexity index is 691. The van der Waals surface area contributed by atoms with Gasteiger partial charge in [-0.2, -0.15) is 13.2 Å². The number of alkyl halides is 3. The summed E-state index contributed by atoms with van der Waals surface area (Å²) in [7, 11) is 1.57. The highest BCUT2D eigenvalue weighted by molar-refractivity contribution is 6.25. The smallest absolute Gasteiger partial charge is 0.416 e. The first kappa shape index (κ1) is 16.8. The molecule has 3 rings (SSSR count). The molecule has 1 saturated heterocycles. The van der Waals surface area contributed by atoms with Crippen LogP contribution in [0.1, 0.15) is 29.5 Å². The molecule has 1 N–H and O–H groups in total. The van der Waals surface area contributed by atoms with Gasteiger partial charge in [0.05, 0.1) is 11.1 Å². The molecule has 0 radical (unpaired) electrons. The lowest BCUT2D eigenvalue weighted by Crippen LogP contribution is -2.32. The molecule has 0 aromatic heterocycles. The van der Waals surface area contributed by atoms with Crippen molar-refractivity contribution in [3.63, 3.8) is 0 Å². The van der Waals surface area contributed by atoms with E-state index in [0.29, 0.717) is 13.0 Å². The molecule has 0 amide bonds. The number of hydrogen-bond acceptors (Lipinski definition) is 4. The van der Waals surface area contributed by atoms with E-state index >= 15 is 0 Å². The van der Waals surface area contributed by atoms with Crippen LogP contribution in [-0.4, -0.2) is 31.6 Å². The maximum absolute atomic E-state index is 13.1. The minimum atomic E-state index is -4.48. The lowest BCUT2D eigenvalue weighted by Gasteiger charge is -2.17. The van der Waals surface area contributed by atoms with Gasteiger partial charge in [-0.05, 0) is 37.0 Å². The topological polar surface area (TPSA) is 47.6 Å². The van der Waals surface area contributed by atoms with Gasteiger partial charge in [0.1, 0.15) is 6.10 Å². The first-order valence-corrected chi connectivity index (χ1v) is 7.75. The molecule has 24 heavy (non-hydrogen) atoms. The first-order chi connectivity index (χ1) is 11.3. The van der Waals surface area contributed by atoms with E-state index < -0.39 is 17.8 Å². The first-order valence-electron chi connectivity index (χ1n) is 7.75. The van der Waals surface area contributed by atoms with Gasteiger partial charge in [-0.15, -0.1) is 0 Å². The second-order valence-corrected chi connectivity index (χ2v) is 5.94. The number of hydrogen-bond donors (Lipinski definition) is 1. The number of halogens is 3. The molecule has 2 aliphatic heterocycles. The van der Waals surface area contributed by atoms with Gasteiger partial charge in [0, 0.05) is 13.7 Å². The molecule has 1 fully saturated rings. The average Bonchev–Trinajstić information content (AvgIpc) is 3.14. The van der Waals surface area contributed by atoms with Crippen LogP contribution in [-0.2, 0) is 20.4 Å². The van der Waals surface area contributed by atoms with Gasteiger partial charge in [0.2, 0.25) is 5.78 Å². The van der Waals surface area contributed by atoms with Crippen molar-refractivity contribution in [3.8, 4) is 0 Å². The molecule has 2 atom stereocenters. The van der Waals surface area contributed by atoms with Crippen LogP contribution < -0.4 is 5.32 Å². The number of carbonyl (C=O) groups is 1. The highest BCUT2D eigenvalue weighted by Crippen LogP contribution is 2.37. The highest BCUT2D eigenvalue weighted by atomic mass is 19.4. The van der Waals surface area contributed by atoms with Gasteiger partial charge in [-0.25, -0.2) is 0 Å². The largest absolute Gasteiger partial charge is 0.464 e.